The van der Waals surface area contributed by atoms with Crippen molar-refractivity contribution in [2.75, 3.05) is 13.2 Å². The molecule has 0 spiro atoms. The summed E-state index contributed by atoms with van der Waals surface area (Å²) in [6.45, 7) is 6.62. The Labute approximate surface area is 467 Å². The monoisotopic (exact) mass is 1050 g/mol. The molecule has 0 saturated carbocycles. The van der Waals surface area contributed by atoms with E-state index in [0.717, 1.165) is 83.5 Å². The highest BCUT2D eigenvalue weighted by molar-refractivity contribution is 5.71. The summed E-state index contributed by atoms with van der Waals surface area (Å²) in [6.07, 6.45) is 79.1. The van der Waals surface area contributed by atoms with Gasteiger partial charge in [-0.05, 0) is 70.6 Å². The fourth-order valence-electron chi connectivity index (χ4n) is 10.0. The van der Waals surface area contributed by atoms with Crippen LogP contribution in [0.1, 0.15) is 367 Å². The van der Waals surface area contributed by atoms with E-state index in [1.165, 1.54) is 244 Å². The molecular weight excluding hydrogens is 925 g/mol. The van der Waals surface area contributed by atoms with Crippen molar-refractivity contribution >= 4 is 17.9 Å². The molecule has 1 unspecified atom stereocenters. The first kappa shape index (κ1) is 72.6. The van der Waals surface area contributed by atoms with Gasteiger partial charge in [0.1, 0.15) is 13.2 Å². The van der Waals surface area contributed by atoms with E-state index in [1.807, 2.05) is 0 Å². The Kier molecular flexibility index (Phi) is 62.1. The van der Waals surface area contributed by atoms with E-state index in [0.29, 0.717) is 19.3 Å². The van der Waals surface area contributed by atoms with Gasteiger partial charge in [-0.1, -0.05) is 314 Å². The van der Waals surface area contributed by atoms with Gasteiger partial charge in [-0.2, -0.15) is 0 Å². The normalized spacial score (nSPS) is 12.2. The van der Waals surface area contributed by atoms with E-state index in [2.05, 4.69) is 57.2 Å². The number of ether oxygens (including phenoxy) is 3. The van der Waals surface area contributed by atoms with Gasteiger partial charge in [-0.15, -0.1) is 0 Å². The highest BCUT2D eigenvalue weighted by Crippen LogP contribution is 2.18. The minimum absolute atomic E-state index is 0.0729. The molecule has 0 N–H and O–H groups in total. The lowest BCUT2D eigenvalue weighted by atomic mass is 10.0. The van der Waals surface area contributed by atoms with Gasteiger partial charge in [0, 0.05) is 19.3 Å². The Bertz CT molecular complexity index is 1250. The zero-order valence-corrected chi connectivity index (χ0v) is 50.6. The summed E-state index contributed by atoms with van der Waals surface area (Å²) in [6, 6.07) is 0. The van der Waals surface area contributed by atoms with Crippen LogP contribution in [-0.2, 0) is 28.6 Å². The van der Waals surface area contributed by atoms with Gasteiger partial charge in [-0.3, -0.25) is 14.4 Å². The van der Waals surface area contributed by atoms with Gasteiger partial charge >= 0.3 is 17.9 Å². The lowest BCUT2D eigenvalue weighted by Crippen LogP contribution is -2.30. The molecule has 0 aliphatic heterocycles. The van der Waals surface area contributed by atoms with Crippen LogP contribution >= 0.6 is 0 Å². The molecule has 0 aromatic carbocycles. The minimum atomic E-state index is -0.775. The number of esters is 3. The van der Waals surface area contributed by atoms with Crippen LogP contribution in [0.5, 0.6) is 0 Å². The molecular formula is C69H128O6. The summed E-state index contributed by atoms with van der Waals surface area (Å²) >= 11 is 0. The number of allylic oxidation sites excluding steroid dienone is 6. The standard InChI is InChI=1S/C69H128O6/c1-4-7-10-13-16-19-22-24-26-27-28-29-30-31-32-33-34-35-36-37-38-39-40-41-42-43-44-46-47-50-53-56-59-62-68(71)74-65-66(64-73-67(70)61-58-55-52-49-21-18-15-12-9-6-3)75-69(72)63-60-57-54-51-48-45-25-23-20-17-14-11-8-5-2/h14,17,23,25,27-28,66H,4-13,15-16,18-22,24,26,29-65H2,1-3H3/b17-14-,25-23-,28-27-. The summed E-state index contributed by atoms with van der Waals surface area (Å²) in [5.41, 5.74) is 0. The first-order chi connectivity index (χ1) is 37.0. The molecule has 440 valence electrons. The molecule has 0 aliphatic rings. The van der Waals surface area contributed by atoms with Crippen molar-refractivity contribution in [1.82, 2.24) is 0 Å². The van der Waals surface area contributed by atoms with E-state index in [1.54, 1.807) is 0 Å². The SMILES string of the molecule is CCCC/C=C\C/C=C\CCCCCCCC(=O)OC(COC(=O)CCCCCCCCCCCC)COC(=O)CCCCCCCCCCCCCCCCCCCCCCC/C=C\CCCCCCCCCC. The van der Waals surface area contributed by atoms with Crippen LogP contribution in [0.15, 0.2) is 36.5 Å². The van der Waals surface area contributed by atoms with E-state index in [9.17, 15) is 14.4 Å². The van der Waals surface area contributed by atoms with Crippen LogP contribution in [0.4, 0.5) is 0 Å². The van der Waals surface area contributed by atoms with E-state index >= 15 is 0 Å². The number of rotatable bonds is 62. The van der Waals surface area contributed by atoms with Gasteiger partial charge in [0.2, 0.25) is 0 Å². The average Bonchev–Trinajstić information content (AvgIpc) is 3.41. The maximum Gasteiger partial charge on any atom is 0.306 e. The Balaban J connectivity index is 4.01. The molecule has 0 fully saturated rings. The second-order valence-corrected chi connectivity index (χ2v) is 22.7. The molecule has 0 aromatic rings. The highest BCUT2D eigenvalue weighted by atomic mass is 16.6. The molecule has 6 nitrogen and oxygen atoms in total. The zero-order valence-electron chi connectivity index (χ0n) is 50.6. The Morgan fingerprint density at radius 3 is 0.787 bits per heavy atom. The summed E-state index contributed by atoms with van der Waals surface area (Å²) in [4.78, 5) is 38.1. The maximum absolute atomic E-state index is 12.8. The zero-order chi connectivity index (χ0) is 54.3. The van der Waals surface area contributed by atoms with Crippen molar-refractivity contribution in [3.05, 3.63) is 36.5 Å². The number of unbranched alkanes of at least 4 members (excludes halogenated alkanes) is 45. The van der Waals surface area contributed by atoms with Crippen LogP contribution in [0.3, 0.4) is 0 Å². The first-order valence-electron chi connectivity index (χ1n) is 33.5. The topological polar surface area (TPSA) is 78.9 Å². The Morgan fingerprint density at radius 2 is 0.493 bits per heavy atom. The minimum Gasteiger partial charge on any atom is -0.462 e. The number of hydrogen-bond donors (Lipinski definition) is 0. The van der Waals surface area contributed by atoms with Gasteiger partial charge in [0.25, 0.3) is 0 Å². The van der Waals surface area contributed by atoms with Crippen LogP contribution < -0.4 is 0 Å². The van der Waals surface area contributed by atoms with Crippen LogP contribution in [0.2, 0.25) is 0 Å². The van der Waals surface area contributed by atoms with Crippen LogP contribution in [-0.4, -0.2) is 37.2 Å². The molecule has 0 saturated heterocycles. The maximum atomic E-state index is 12.8. The van der Waals surface area contributed by atoms with Crippen molar-refractivity contribution in [3.63, 3.8) is 0 Å². The van der Waals surface area contributed by atoms with E-state index in [-0.39, 0.29) is 31.1 Å². The summed E-state index contributed by atoms with van der Waals surface area (Å²) in [5.74, 6) is -0.868. The largest absolute Gasteiger partial charge is 0.462 e. The third-order valence-corrected chi connectivity index (χ3v) is 15.1. The first-order valence-corrected chi connectivity index (χ1v) is 33.5. The van der Waals surface area contributed by atoms with Gasteiger partial charge in [0.05, 0.1) is 0 Å². The Hall–Kier alpha value is -2.37. The van der Waals surface area contributed by atoms with Gasteiger partial charge < -0.3 is 14.2 Å². The summed E-state index contributed by atoms with van der Waals surface area (Å²) < 4.78 is 16.9. The molecule has 0 bridgehead atoms. The summed E-state index contributed by atoms with van der Waals surface area (Å²) in [7, 11) is 0. The molecule has 0 heterocycles. The second-order valence-electron chi connectivity index (χ2n) is 22.7. The average molecular weight is 1050 g/mol. The van der Waals surface area contributed by atoms with Crippen molar-refractivity contribution in [3.8, 4) is 0 Å². The molecule has 1 atom stereocenters. The predicted octanol–water partition coefficient (Wildman–Crippen LogP) is 22.8. The number of carbonyl (C=O) groups is 3. The van der Waals surface area contributed by atoms with Gasteiger partial charge in [-0.25, -0.2) is 0 Å². The fraction of sp³-hybridized carbons (Fsp3) is 0.870. The van der Waals surface area contributed by atoms with Crippen molar-refractivity contribution in [2.24, 2.45) is 0 Å². The molecule has 6 heteroatoms. The lowest BCUT2D eigenvalue weighted by molar-refractivity contribution is -0.167. The van der Waals surface area contributed by atoms with Crippen molar-refractivity contribution in [2.45, 2.75) is 374 Å². The molecule has 0 aromatic heterocycles. The Morgan fingerprint density at radius 1 is 0.267 bits per heavy atom. The molecule has 0 radical (unpaired) electrons. The fourth-order valence-corrected chi connectivity index (χ4v) is 10.0. The highest BCUT2D eigenvalue weighted by Gasteiger charge is 2.19. The quantitative estimate of drug-likeness (QED) is 0.0261. The van der Waals surface area contributed by atoms with Crippen LogP contribution in [0.25, 0.3) is 0 Å². The lowest BCUT2D eigenvalue weighted by Gasteiger charge is -2.18. The van der Waals surface area contributed by atoms with Crippen LogP contribution in [0, 0.1) is 0 Å². The smallest absolute Gasteiger partial charge is 0.306 e. The number of carbonyl (C=O) groups excluding carboxylic acids is 3. The third-order valence-electron chi connectivity index (χ3n) is 15.1. The number of hydrogen-bond acceptors (Lipinski definition) is 6. The van der Waals surface area contributed by atoms with E-state index in [4.69, 9.17) is 14.2 Å². The van der Waals surface area contributed by atoms with E-state index < -0.39 is 6.10 Å². The third kappa shape index (κ3) is 62.4. The molecule has 0 rings (SSSR count). The summed E-state index contributed by atoms with van der Waals surface area (Å²) in [5, 5.41) is 0. The molecule has 0 amide bonds. The predicted molar refractivity (Wildman–Crippen MR) is 326 cm³/mol. The van der Waals surface area contributed by atoms with Crippen molar-refractivity contribution in [1.29, 1.82) is 0 Å². The molecule has 75 heavy (non-hydrogen) atoms. The molecule has 0 aliphatic carbocycles. The van der Waals surface area contributed by atoms with Crippen molar-refractivity contribution < 1.29 is 28.6 Å². The second kappa shape index (κ2) is 64.2. The van der Waals surface area contributed by atoms with Gasteiger partial charge in [0.15, 0.2) is 6.10 Å².